The number of hydrogen-bond donors (Lipinski definition) is 1. The Labute approximate surface area is 102 Å². The van der Waals surface area contributed by atoms with Crippen molar-refractivity contribution in [2.45, 2.75) is 18.9 Å². The second-order valence-corrected chi connectivity index (χ2v) is 4.60. The van der Waals surface area contributed by atoms with Gasteiger partial charge in [0, 0.05) is 6.54 Å². The number of aliphatic hydroxyl groups excluding tert-OH is 1. The van der Waals surface area contributed by atoms with Gasteiger partial charge in [-0.05, 0) is 31.5 Å². The van der Waals surface area contributed by atoms with Gasteiger partial charge in [-0.2, -0.15) is 5.26 Å². The molecule has 2 atom stereocenters. The highest BCUT2D eigenvalue weighted by Crippen LogP contribution is 2.23. The van der Waals surface area contributed by atoms with Crippen LogP contribution in [0.25, 0.3) is 0 Å². The third-order valence-corrected chi connectivity index (χ3v) is 3.34. The van der Waals surface area contributed by atoms with E-state index in [1.165, 1.54) is 12.8 Å². The van der Waals surface area contributed by atoms with Gasteiger partial charge < -0.3 is 10.0 Å². The normalized spacial score (nSPS) is 19.8. The third-order valence-electron chi connectivity index (χ3n) is 3.34. The number of nitriles is 1. The van der Waals surface area contributed by atoms with Crippen molar-refractivity contribution in [1.29, 1.82) is 5.26 Å². The van der Waals surface area contributed by atoms with Crippen LogP contribution in [0.4, 0.5) is 0 Å². The molecule has 1 saturated heterocycles. The van der Waals surface area contributed by atoms with Crippen molar-refractivity contribution < 1.29 is 5.11 Å². The van der Waals surface area contributed by atoms with Crippen LogP contribution < -0.4 is 0 Å². The molecule has 0 radical (unpaired) electrons. The molecule has 1 fully saturated rings. The van der Waals surface area contributed by atoms with E-state index >= 15 is 0 Å². The smallest absolute Gasteiger partial charge is 0.0960 e. The van der Waals surface area contributed by atoms with E-state index in [9.17, 15) is 10.4 Å². The molecule has 1 aliphatic heterocycles. The molecule has 90 valence electrons. The molecule has 0 aromatic heterocycles. The van der Waals surface area contributed by atoms with Gasteiger partial charge in [-0.25, -0.2) is 0 Å². The Morgan fingerprint density at radius 2 is 1.88 bits per heavy atom. The largest absolute Gasteiger partial charge is 0.387 e. The van der Waals surface area contributed by atoms with Crippen LogP contribution >= 0.6 is 0 Å². The van der Waals surface area contributed by atoms with Gasteiger partial charge in [0.15, 0.2) is 0 Å². The van der Waals surface area contributed by atoms with Crippen molar-refractivity contribution in [2.75, 3.05) is 19.6 Å². The van der Waals surface area contributed by atoms with Crippen molar-refractivity contribution in [3.8, 4) is 6.07 Å². The van der Waals surface area contributed by atoms with Crippen LogP contribution in [-0.2, 0) is 0 Å². The number of aliphatic hydroxyl groups is 1. The van der Waals surface area contributed by atoms with Gasteiger partial charge in [-0.1, -0.05) is 30.3 Å². The summed E-state index contributed by atoms with van der Waals surface area (Å²) in [5.41, 5.74) is 0.832. The highest BCUT2D eigenvalue weighted by Gasteiger charge is 2.24. The van der Waals surface area contributed by atoms with Gasteiger partial charge in [0.25, 0.3) is 0 Å². The number of likely N-dealkylation sites (tertiary alicyclic amines) is 1. The molecule has 1 aromatic carbocycles. The van der Waals surface area contributed by atoms with Crippen LogP contribution in [0.15, 0.2) is 30.3 Å². The molecule has 0 unspecified atom stereocenters. The van der Waals surface area contributed by atoms with Crippen molar-refractivity contribution in [3.05, 3.63) is 35.9 Å². The topological polar surface area (TPSA) is 47.3 Å². The first kappa shape index (κ1) is 12.1. The van der Waals surface area contributed by atoms with Crippen molar-refractivity contribution in [1.82, 2.24) is 4.90 Å². The summed E-state index contributed by atoms with van der Waals surface area (Å²) in [6.07, 6.45) is 1.74. The Morgan fingerprint density at radius 1 is 1.24 bits per heavy atom. The Balaban J connectivity index is 2.00. The zero-order valence-electron chi connectivity index (χ0n) is 9.92. The lowest BCUT2D eigenvalue weighted by Crippen LogP contribution is -2.29. The number of benzene rings is 1. The van der Waals surface area contributed by atoms with Crippen LogP contribution in [0.5, 0.6) is 0 Å². The van der Waals surface area contributed by atoms with Crippen molar-refractivity contribution in [3.63, 3.8) is 0 Å². The lowest BCUT2D eigenvalue weighted by Gasteiger charge is -2.22. The quantitative estimate of drug-likeness (QED) is 0.860. The molecule has 1 heterocycles. The van der Waals surface area contributed by atoms with E-state index < -0.39 is 6.10 Å². The fourth-order valence-electron chi connectivity index (χ4n) is 2.34. The average molecular weight is 230 g/mol. The zero-order chi connectivity index (χ0) is 12.1. The summed E-state index contributed by atoms with van der Waals surface area (Å²) in [5.74, 6) is -0.338. The van der Waals surface area contributed by atoms with E-state index in [4.69, 9.17) is 0 Å². The standard InChI is InChI=1S/C14H18N2O/c15-10-13(11-16-8-4-5-9-16)14(17)12-6-2-1-3-7-12/h1-3,6-7,13-14,17H,4-5,8-9,11H2/t13-,14+/m0/s1. The van der Waals surface area contributed by atoms with Crippen LogP contribution in [-0.4, -0.2) is 29.6 Å². The van der Waals surface area contributed by atoms with E-state index in [2.05, 4.69) is 11.0 Å². The summed E-state index contributed by atoms with van der Waals surface area (Å²) in [5, 5.41) is 19.4. The van der Waals surface area contributed by atoms with Crippen LogP contribution in [0.3, 0.4) is 0 Å². The van der Waals surface area contributed by atoms with Gasteiger partial charge in [0.1, 0.15) is 0 Å². The first-order valence-electron chi connectivity index (χ1n) is 6.16. The summed E-state index contributed by atoms with van der Waals surface area (Å²) in [6, 6.07) is 11.7. The Hall–Kier alpha value is -1.37. The van der Waals surface area contributed by atoms with E-state index in [0.29, 0.717) is 6.54 Å². The molecule has 1 N–H and O–H groups in total. The lowest BCUT2D eigenvalue weighted by atomic mass is 9.96. The third kappa shape index (κ3) is 3.06. The van der Waals surface area contributed by atoms with E-state index in [1.807, 2.05) is 30.3 Å². The first-order valence-corrected chi connectivity index (χ1v) is 6.16. The van der Waals surface area contributed by atoms with Crippen LogP contribution in [0, 0.1) is 17.2 Å². The summed E-state index contributed by atoms with van der Waals surface area (Å²) < 4.78 is 0. The summed E-state index contributed by atoms with van der Waals surface area (Å²) >= 11 is 0. The molecular weight excluding hydrogens is 212 g/mol. The highest BCUT2D eigenvalue weighted by atomic mass is 16.3. The van der Waals surface area contributed by atoms with Crippen molar-refractivity contribution in [2.24, 2.45) is 5.92 Å². The minimum atomic E-state index is -0.679. The fraction of sp³-hybridized carbons (Fsp3) is 0.500. The number of hydrogen-bond acceptors (Lipinski definition) is 3. The minimum absolute atomic E-state index is 0.338. The molecule has 17 heavy (non-hydrogen) atoms. The van der Waals surface area contributed by atoms with Crippen molar-refractivity contribution >= 4 is 0 Å². The second kappa shape index (κ2) is 5.81. The number of rotatable bonds is 4. The maximum absolute atomic E-state index is 10.2. The Bertz CT molecular complexity index is 379. The second-order valence-electron chi connectivity index (χ2n) is 4.60. The molecule has 1 aromatic rings. The highest BCUT2D eigenvalue weighted by molar-refractivity contribution is 5.19. The maximum atomic E-state index is 10.2. The average Bonchev–Trinajstić information content (AvgIpc) is 2.89. The molecule has 0 aliphatic carbocycles. The molecule has 0 spiro atoms. The van der Waals surface area contributed by atoms with E-state index in [-0.39, 0.29) is 5.92 Å². The molecule has 3 heteroatoms. The minimum Gasteiger partial charge on any atom is -0.387 e. The maximum Gasteiger partial charge on any atom is 0.0960 e. The fourth-order valence-corrected chi connectivity index (χ4v) is 2.34. The summed E-state index contributed by atoms with van der Waals surface area (Å²) in [6.45, 7) is 2.78. The van der Waals surface area contributed by atoms with Crippen LogP contribution in [0.1, 0.15) is 24.5 Å². The summed E-state index contributed by atoms with van der Waals surface area (Å²) in [4.78, 5) is 2.26. The molecular formula is C14H18N2O. The monoisotopic (exact) mass is 230 g/mol. The van der Waals surface area contributed by atoms with Gasteiger partial charge in [0.05, 0.1) is 18.1 Å². The van der Waals surface area contributed by atoms with Crippen LogP contribution in [0.2, 0.25) is 0 Å². The lowest BCUT2D eigenvalue weighted by molar-refractivity contribution is 0.112. The number of nitrogens with zero attached hydrogens (tertiary/aromatic N) is 2. The zero-order valence-corrected chi connectivity index (χ0v) is 9.92. The van der Waals surface area contributed by atoms with Gasteiger partial charge in [-0.3, -0.25) is 0 Å². The van der Waals surface area contributed by atoms with Gasteiger partial charge in [-0.15, -0.1) is 0 Å². The molecule has 3 nitrogen and oxygen atoms in total. The SMILES string of the molecule is N#C[C@@H](CN1CCCC1)[C@H](O)c1ccccc1. The van der Waals surface area contributed by atoms with Gasteiger partial charge in [0.2, 0.25) is 0 Å². The first-order chi connectivity index (χ1) is 8.31. The summed E-state index contributed by atoms with van der Waals surface area (Å²) in [7, 11) is 0. The van der Waals surface area contributed by atoms with E-state index in [0.717, 1.165) is 18.7 Å². The molecule has 0 bridgehead atoms. The molecule has 2 rings (SSSR count). The van der Waals surface area contributed by atoms with E-state index in [1.54, 1.807) is 0 Å². The predicted octanol–water partition coefficient (Wildman–Crippen LogP) is 1.96. The molecule has 0 saturated carbocycles. The Morgan fingerprint density at radius 3 is 2.47 bits per heavy atom. The molecule has 1 aliphatic rings. The predicted molar refractivity (Wildman–Crippen MR) is 66.2 cm³/mol. The van der Waals surface area contributed by atoms with Gasteiger partial charge >= 0.3 is 0 Å². The molecule has 0 amide bonds. The Kier molecular flexibility index (Phi) is 4.13.